The van der Waals surface area contributed by atoms with E-state index in [1.165, 1.54) is 60.8 Å². The fourth-order valence-electron chi connectivity index (χ4n) is 7.05. The Labute approximate surface area is 223 Å². The zero-order valence-corrected chi connectivity index (χ0v) is 24.1. The Balaban J connectivity index is 1.33. The number of benzene rings is 2. The molecule has 0 saturated carbocycles. The molecule has 5 nitrogen and oxygen atoms in total. The first-order valence-electron chi connectivity index (χ1n) is 13.9. The van der Waals surface area contributed by atoms with Gasteiger partial charge in [0.25, 0.3) is 0 Å². The van der Waals surface area contributed by atoms with Gasteiger partial charge in [-0.3, -0.25) is 4.90 Å². The van der Waals surface area contributed by atoms with Crippen molar-refractivity contribution < 1.29 is 9.47 Å². The zero-order valence-electron chi connectivity index (χ0n) is 24.1. The molecular weight excluding hydrogens is 458 g/mol. The molecule has 0 spiro atoms. The molecule has 0 amide bonds. The van der Waals surface area contributed by atoms with Crippen molar-refractivity contribution in [2.75, 3.05) is 34.4 Å². The number of aromatic nitrogens is 1. The fourth-order valence-corrected chi connectivity index (χ4v) is 7.05. The first-order chi connectivity index (χ1) is 17.5. The molecule has 5 rings (SSSR count). The minimum Gasteiger partial charge on any atom is -0.493 e. The smallest absolute Gasteiger partial charge is 0.161 e. The molecule has 3 heterocycles. The molecule has 0 aliphatic carbocycles. The molecule has 3 aromatic rings. The van der Waals surface area contributed by atoms with Crippen molar-refractivity contribution in [1.82, 2.24) is 14.8 Å². The lowest BCUT2D eigenvalue weighted by molar-refractivity contribution is -0.0516. The van der Waals surface area contributed by atoms with Crippen molar-refractivity contribution in [3.05, 3.63) is 47.5 Å². The predicted molar refractivity (Wildman–Crippen MR) is 154 cm³/mol. The fraction of sp³-hybridized carbons (Fsp3) is 0.562. The highest BCUT2D eigenvalue weighted by Gasteiger charge is 2.45. The Bertz CT molecular complexity index is 1250. The highest BCUT2D eigenvalue weighted by molar-refractivity contribution is 5.91. The van der Waals surface area contributed by atoms with Gasteiger partial charge in [0.05, 0.1) is 14.2 Å². The molecule has 0 unspecified atom stereocenters. The topological polar surface area (TPSA) is 40.7 Å². The number of aryl methyl sites for hydroxylation is 1. The summed E-state index contributed by atoms with van der Waals surface area (Å²) in [5, 5.41) is 1.32. The molecule has 200 valence electrons. The molecule has 2 aromatic carbocycles. The third-order valence-electron chi connectivity index (χ3n) is 9.56. The molecule has 0 atom stereocenters. The summed E-state index contributed by atoms with van der Waals surface area (Å²) in [6, 6.07) is 13.9. The molecule has 2 aliphatic heterocycles. The molecule has 1 aromatic heterocycles. The van der Waals surface area contributed by atoms with Crippen LogP contribution in [-0.4, -0.2) is 66.3 Å². The second-order valence-electron chi connectivity index (χ2n) is 12.6. The number of fused-ring (bicyclic) bond motifs is 1. The highest BCUT2D eigenvalue weighted by atomic mass is 16.5. The summed E-state index contributed by atoms with van der Waals surface area (Å²) in [6.45, 7) is 14.3. The van der Waals surface area contributed by atoms with Gasteiger partial charge in [-0.2, -0.15) is 0 Å². The molecular formula is C32H45N3O2. The van der Waals surface area contributed by atoms with Crippen LogP contribution in [0.5, 0.6) is 11.5 Å². The molecule has 37 heavy (non-hydrogen) atoms. The summed E-state index contributed by atoms with van der Waals surface area (Å²) < 4.78 is 11.0. The van der Waals surface area contributed by atoms with Crippen LogP contribution in [0.4, 0.5) is 0 Å². The van der Waals surface area contributed by atoms with E-state index in [1.807, 2.05) is 6.07 Å². The normalized spacial score (nSPS) is 21.4. The minimum absolute atomic E-state index is 0.242. The van der Waals surface area contributed by atoms with E-state index in [-0.39, 0.29) is 11.1 Å². The predicted octanol–water partition coefficient (Wildman–Crippen LogP) is 6.99. The third kappa shape index (κ3) is 4.77. The molecule has 0 radical (unpaired) electrons. The maximum absolute atomic E-state index is 5.55. The minimum atomic E-state index is 0.242. The van der Waals surface area contributed by atoms with Crippen molar-refractivity contribution in [2.45, 2.75) is 83.3 Å². The van der Waals surface area contributed by atoms with E-state index in [9.17, 15) is 0 Å². The number of H-pyrrole nitrogens is 1. The molecule has 0 bridgehead atoms. The number of ether oxygens (including phenoxy) is 2. The van der Waals surface area contributed by atoms with Crippen molar-refractivity contribution in [3.8, 4) is 22.8 Å². The van der Waals surface area contributed by atoms with Crippen molar-refractivity contribution in [2.24, 2.45) is 0 Å². The first kappa shape index (κ1) is 26.1. The number of rotatable bonds is 5. The summed E-state index contributed by atoms with van der Waals surface area (Å²) in [5.74, 6) is 2.13. The molecule has 2 saturated heterocycles. The number of likely N-dealkylation sites (tertiary alicyclic amines) is 2. The van der Waals surface area contributed by atoms with Gasteiger partial charge in [0.15, 0.2) is 11.5 Å². The number of nitrogens with zero attached hydrogens (tertiary/aromatic N) is 2. The maximum atomic E-state index is 5.55. The lowest BCUT2D eigenvalue weighted by Crippen LogP contribution is -2.63. The molecule has 2 fully saturated rings. The van der Waals surface area contributed by atoms with Gasteiger partial charge >= 0.3 is 0 Å². The zero-order chi connectivity index (χ0) is 26.5. The number of aromatic amines is 1. The Kier molecular flexibility index (Phi) is 6.82. The van der Waals surface area contributed by atoms with Gasteiger partial charge in [-0.25, -0.2) is 0 Å². The van der Waals surface area contributed by atoms with Crippen LogP contribution >= 0.6 is 0 Å². The van der Waals surface area contributed by atoms with Crippen LogP contribution in [0.15, 0.2) is 36.4 Å². The summed E-state index contributed by atoms with van der Waals surface area (Å²) >= 11 is 0. The van der Waals surface area contributed by atoms with E-state index < -0.39 is 0 Å². The quantitative estimate of drug-likeness (QED) is 0.407. The maximum Gasteiger partial charge on any atom is 0.161 e. The van der Waals surface area contributed by atoms with Crippen LogP contribution in [0.3, 0.4) is 0 Å². The standard InChI is InChI=1S/C32H45N3O2/c1-21-26-17-23(9-11-27(26)33-30(21)24-10-12-28(36-7)29(18-24)37-8)22-13-15-35(16-14-22)25-19-31(2,3)34(6)32(4,5)20-25/h9-12,17-18,22,25,33H,13-16,19-20H2,1-8H3. The SMILES string of the molecule is COc1ccc(-c2[nH]c3ccc(C4CCN(C5CC(C)(C)N(C)C(C)(C)C5)CC4)cc3c2C)cc1OC. The van der Waals surface area contributed by atoms with Crippen LogP contribution in [-0.2, 0) is 0 Å². The third-order valence-corrected chi connectivity index (χ3v) is 9.56. The van der Waals surface area contributed by atoms with Crippen LogP contribution in [0.25, 0.3) is 22.2 Å². The monoisotopic (exact) mass is 503 g/mol. The van der Waals surface area contributed by atoms with Crippen LogP contribution in [0.2, 0.25) is 0 Å². The Morgan fingerprint density at radius 1 is 0.865 bits per heavy atom. The van der Waals surface area contributed by atoms with E-state index in [2.05, 4.69) is 86.8 Å². The first-order valence-corrected chi connectivity index (χ1v) is 13.9. The second-order valence-corrected chi connectivity index (χ2v) is 12.6. The van der Waals surface area contributed by atoms with Gasteiger partial charge in [-0.15, -0.1) is 0 Å². The Morgan fingerprint density at radius 2 is 1.51 bits per heavy atom. The van der Waals surface area contributed by atoms with Crippen molar-refractivity contribution in [3.63, 3.8) is 0 Å². The lowest BCUT2D eigenvalue weighted by atomic mass is 9.76. The number of hydrogen-bond acceptors (Lipinski definition) is 4. The molecule has 1 N–H and O–H groups in total. The largest absolute Gasteiger partial charge is 0.493 e. The lowest BCUT2D eigenvalue weighted by Gasteiger charge is -2.56. The molecule has 2 aliphatic rings. The van der Waals surface area contributed by atoms with Crippen LogP contribution < -0.4 is 9.47 Å². The second kappa shape index (κ2) is 9.67. The van der Waals surface area contributed by atoms with E-state index >= 15 is 0 Å². The number of methoxy groups -OCH3 is 2. The van der Waals surface area contributed by atoms with E-state index in [0.29, 0.717) is 12.0 Å². The number of piperidine rings is 2. The van der Waals surface area contributed by atoms with Gasteiger partial charge in [0.1, 0.15) is 0 Å². The van der Waals surface area contributed by atoms with Gasteiger partial charge < -0.3 is 19.4 Å². The number of hydrogen-bond donors (Lipinski definition) is 1. The van der Waals surface area contributed by atoms with E-state index in [4.69, 9.17) is 9.47 Å². The van der Waals surface area contributed by atoms with Gasteiger partial charge in [-0.1, -0.05) is 6.07 Å². The highest BCUT2D eigenvalue weighted by Crippen LogP contribution is 2.41. The average Bonchev–Trinajstić information content (AvgIpc) is 3.22. The summed E-state index contributed by atoms with van der Waals surface area (Å²) in [5.41, 5.74) is 6.71. The Morgan fingerprint density at radius 3 is 2.14 bits per heavy atom. The number of nitrogens with one attached hydrogen (secondary N) is 1. The average molecular weight is 504 g/mol. The molecule has 5 heteroatoms. The summed E-state index contributed by atoms with van der Waals surface area (Å²) in [7, 11) is 5.66. The summed E-state index contributed by atoms with van der Waals surface area (Å²) in [6.07, 6.45) is 4.99. The van der Waals surface area contributed by atoms with Crippen molar-refractivity contribution >= 4 is 10.9 Å². The van der Waals surface area contributed by atoms with Gasteiger partial charge in [-0.05, 0) is 128 Å². The van der Waals surface area contributed by atoms with Gasteiger partial charge in [0, 0.05) is 39.3 Å². The van der Waals surface area contributed by atoms with Crippen LogP contribution in [0, 0.1) is 6.92 Å². The summed E-state index contributed by atoms with van der Waals surface area (Å²) in [4.78, 5) is 9.04. The Hall–Kier alpha value is -2.50. The van der Waals surface area contributed by atoms with Crippen molar-refractivity contribution in [1.29, 1.82) is 0 Å². The van der Waals surface area contributed by atoms with E-state index in [0.717, 1.165) is 22.8 Å². The van der Waals surface area contributed by atoms with Crippen LogP contribution in [0.1, 0.15) is 70.4 Å². The van der Waals surface area contributed by atoms with E-state index in [1.54, 1.807) is 14.2 Å². The van der Waals surface area contributed by atoms with Gasteiger partial charge in [0.2, 0.25) is 0 Å².